The number of nitrogens with one attached hydrogen (secondary N) is 1. The summed E-state index contributed by atoms with van der Waals surface area (Å²) in [5.41, 5.74) is 5.33. The van der Waals surface area contributed by atoms with Crippen LogP contribution in [-0.4, -0.2) is 0 Å². The maximum absolute atomic E-state index is 6.36. The Morgan fingerprint density at radius 2 is 2.15 bits per heavy atom. The van der Waals surface area contributed by atoms with E-state index in [0.29, 0.717) is 16.0 Å². The van der Waals surface area contributed by atoms with Gasteiger partial charge < -0.3 is 0 Å². The van der Waals surface area contributed by atoms with Gasteiger partial charge in [-0.1, -0.05) is 35.3 Å². The van der Waals surface area contributed by atoms with Crippen molar-refractivity contribution >= 4 is 34.5 Å². The van der Waals surface area contributed by atoms with E-state index >= 15 is 0 Å². The van der Waals surface area contributed by atoms with Crippen LogP contribution in [-0.2, 0) is 6.42 Å². The van der Waals surface area contributed by atoms with Gasteiger partial charge in [-0.3, -0.25) is 11.3 Å². The van der Waals surface area contributed by atoms with Crippen LogP contribution in [0.3, 0.4) is 0 Å². The van der Waals surface area contributed by atoms with Crippen molar-refractivity contribution in [2.45, 2.75) is 31.2 Å². The molecule has 2 nitrogen and oxygen atoms in total. The third kappa shape index (κ3) is 2.49. The largest absolute Gasteiger partial charge is 0.271 e. The van der Waals surface area contributed by atoms with E-state index < -0.39 is 0 Å². The van der Waals surface area contributed by atoms with Crippen LogP contribution in [0.25, 0.3) is 0 Å². The summed E-state index contributed by atoms with van der Waals surface area (Å²) < 4.78 is 0. The Morgan fingerprint density at radius 1 is 1.30 bits per heavy atom. The van der Waals surface area contributed by atoms with Crippen molar-refractivity contribution in [1.29, 1.82) is 0 Å². The SMILES string of the molecule is NNC(c1cccc(Cl)c1Cl)C1CCCc2sccc21. The van der Waals surface area contributed by atoms with Gasteiger partial charge in [0.2, 0.25) is 0 Å². The number of fused-ring (bicyclic) bond motifs is 1. The van der Waals surface area contributed by atoms with Gasteiger partial charge in [0.05, 0.1) is 16.1 Å². The van der Waals surface area contributed by atoms with E-state index in [4.69, 9.17) is 29.0 Å². The summed E-state index contributed by atoms with van der Waals surface area (Å²) in [5.74, 6) is 6.18. The second-order valence-electron chi connectivity index (χ2n) is 5.09. The zero-order valence-corrected chi connectivity index (χ0v) is 13.2. The van der Waals surface area contributed by atoms with Crippen molar-refractivity contribution in [3.8, 4) is 0 Å². The Bertz CT molecular complexity index is 612. The smallest absolute Gasteiger partial charge is 0.0640 e. The quantitative estimate of drug-likeness (QED) is 0.634. The Balaban J connectivity index is 2.02. The highest BCUT2D eigenvalue weighted by Crippen LogP contribution is 2.44. The first-order valence-corrected chi connectivity index (χ1v) is 8.32. The van der Waals surface area contributed by atoms with Crippen molar-refractivity contribution in [3.05, 3.63) is 55.7 Å². The number of aryl methyl sites for hydroxylation is 1. The first-order chi connectivity index (χ1) is 9.72. The Morgan fingerprint density at radius 3 is 2.95 bits per heavy atom. The van der Waals surface area contributed by atoms with E-state index in [9.17, 15) is 0 Å². The lowest BCUT2D eigenvalue weighted by Gasteiger charge is -2.31. The number of rotatable bonds is 3. The van der Waals surface area contributed by atoms with Crippen LogP contribution in [0.15, 0.2) is 29.6 Å². The van der Waals surface area contributed by atoms with Gasteiger partial charge in [-0.05, 0) is 47.9 Å². The molecule has 0 fully saturated rings. The van der Waals surface area contributed by atoms with E-state index in [-0.39, 0.29) is 6.04 Å². The fraction of sp³-hybridized carbons (Fsp3) is 0.333. The van der Waals surface area contributed by atoms with Gasteiger partial charge in [0, 0.05) is 10.8 Å². The third-order valence-electron chi connectivity index (χ3n) is 4.00. The number of halogens is 2. The molecular formula is C15H16Cl2N2S. The molecule has 1 aliphatic carbocycles. The van der Waals surface area contributed by atoms with Crippen LogP contribution < -0.4 is 11.3 Å². The van der Waals surface area contributed by atoms with Crippen LogP contribution >= 0.6 is 34.5 Å². The third-order valence-corrected chi connectivity index (χ3v) is 5.83. The number of hydrazine groups is 1. The highest BCUT2D eigenvalue weighted by molar-refractivity contribution is 7.10. The van der Waals surface area contributed by atoms with Crippen molar-refractivity contribution in [2.24, 2.45) is 5.84 Å². The van der Waals surface area contributed by atoms with Gasteiger partial charge in [-0.2, -0.15) is 0 Å². The Kier molecular flexibility index (Phi) is 4.34. The maximum Gasteiger partial charge on any atom is 0.0640 e. The molecule has 1 heterocycles. The van der Waals surface area contributed by atoms with Crippen LogP contribution in [0.5, 0.6) is 0 Å². The molecule has 1 aliphatic rings. The summed E-state index contributed by atoms with van der Waals surface area (Å²) in [4.78, 5) is 1.47. The fourth-order valence-electron chi connectivity index (χ4n) is 3.05. The van der Waals surface area contributed by atoms with Crippen molar-refractivity contribution < 1.29 is 0 Å². The molecule has 0 aliphatic heterocycles. The molecule has 1 aromatic heterocycles. The summed E-state index contributed by atoms with van der Waals surface area (Å²) in [7, 11) is 0. The molecule has 0 amide bonds. The van der Waals surface area contributed by atoms with E-state index in [1.54, 1.807) is 6.07 Å². The molecule has 5 heteroatoms. The minimum absolute atomic E-state index is 0.00477. The molecule has 2 atom stereocenters. The molecule has 0 radical (unpaired) electrons. The molecule has 106 valence electrons. The van der Waals surface area contributed by atoms with Gasteiger partial charge in [0.25, 0.3) is 0 Å². The molecule has 3 rings (SSSR count). The highest BCUT2D eigenvalue weighted by atomic mass is 35.5. The topological polar surface area (TPSA) is 38.0 Å². The van der Waals surface area contributed by atoms with Crippen LogP contribution in [0.4, 0.5) is 0 Å². The normalized spacial score (nSPS) is 19.6. The lowest BCUT2D eigenvalue weighted by Crippen LogP contribution is -2.34. The molecule has 1 aromatic carbocycles. The number of benzene rings is 1. The Hall–Kier alpha value is -0.580. The molecular weight excluding hydrogens is 311 g/mol. The van der Waals surface area contributed by atoms with Gasteiger partial charge in [-0.25, -0.2) is 0 Å². The highest BCUT2D eigenvalue weighted by Gasteiger charge is 2.30. The molecule has 0 saturated heterocycles. The van der Waals surface area contributed by atoms with E-state index in [2.05, 4.69) is 16.9 Å². The maximum atomic E-state index is 6.36. The number of hydrogen-bond donors (Lipinski definition) is 2. The number of hydrogen-bond acceptors (Lipinski definition) is 3. The van der Waals surface area contributed by atoms with Crippen molar-refractivity contribution in [1.82, 2.24) is 5.43 Å². The molecule has 3 N–H and O–H groups in total. The lowest BCUT2D eigenvalue weighted by molar-refractivity contribution is 0.411. The second kappa shape index (κ2) is 6.04. The van der Waals surface area contributed by atoms with Crippen LogP contribution in [0.2, 0.25) is 10.0 Å². The Labute approximate surface area is 132 Å². The predicted octanol–water partition coefficient (Wildman–Crippen LogP) is 4.68. The van der Waals surface area contributed by atoms with Crippen LogP contribution in [0.1, 0.15) is 40.8 Å². The standard InChI is InChI=1S/C15H16Cl2N2S/c16-12-5-1-4-11(14(12)17)15(19-18)10-3-2-6-13-9(10)7-8-20-13/h1,4-5,7-8,10,15,19H,2-3,6,18H2. The average molecular weight is 327 g/mol. The van der Waals surface area contributed by atoms with Crippen LogP contribution in [0, 0.1) is 0 Å². The van der Waals surface area contributed by atoms with Gasteiger partial charge in [0.15, 0.2) is 0 Å². The number of nitrogens with two attached hydrogens (primary N) is 1. The fourth-order valence-corrected chi connectivity index (χ4v) is 4.47. The summed E-state index contributed by atoms with van der Waals surface area (Å²) in [5, 5.41) is 3.33. The summed E-state index contributed by atoms with van der Waals surface area (Å²) in [6.07, 6.45) is 3.47. The first kappa shape index (κ1) is 14.4. The van der Waals surface area contributed by atoms with Gasteiger partial charge in [-0.15, -0.1) is 11.3 Å². The van der Waals surface area contributed by atoms with Crippen molar-refractivity contribution in [2.75, 3.05) is 0 Å². The minimum atomic E-state index is -0.00477. The molecule has 20 heavy (non-hydrogen) atoms. The monoisotopic (exact) mass is 326 g/mol. The molecule has 0 spiro atoms. The minimum Gasteiger partial charge on any atom is -0.271 e. The van der Waals surface area contributed by atoms with E-state index in [1.807, 2.05) is 23.5 Å². The van der Waals surface area contributed by atoms with E-state index in [1.165, 1.54) is 23.3 Å². The predicted molar refractivity (Wildman–Crippen MR) is 86.5 cm³/mol. The first-order valence-electron chi connectivity index (χ1n) is 6.68. The lowest BCUT2D eigenvalue weighted by atomic mass is 9.80. The van der Waals surface area contributed by atoms with Crippen molar-refractivity contribution in [3.63, 3.8) is 0 Å². The average Bonchev–Trinajstić information content (AvgIpc) is 2.93. The van der Waals surface area contributed by atoms with Gasteiger partial charge >= 0.3 is 0 Å². The molecule has 2 aromatic rings. The summed E-state index contributed by atoms with van der Waals surface area (Å²) in [6, 6.07) is 7.93. The zero-order chi connectivity index (χ0) is 14.1. The summed E-state index contributed by atoms with van der Waals surface area (Å²) in [6.45, 7) is 0. The molecule has 0 saturated carbocycles. The molecule has 2 unspecified atom stereocenters. The zero-order valence-electron chi connectivity index (χ0n) is 10.9. The number of thiophene rings is 1. The summed E-state index contributed by atoms with van der Waals surface area (Å²) >= 11 is 14.3. The van der Waals surface area contributed by atoms with E-state index in [0.717, 1.165) is 12.0 Å². The molecule has 0 bridgehead atoms. The van der Waals surface area contributed by atoms with Gasteiger partial charge in [0.1, 0.15) is 0 Å². The second-order valence-corrected chi connectivity index (χ2v) is 6.87.